The highest BCUT2D eigenvalue weighted by Gasteiger charge is 2.10. The molecule has 0 heterocycles. The van der Waals surface area contributed by atoms with Gasteiger partial charge in [-0.1, -0.05) is 49.5 Å². The second kappa shape index (κ2) is 8.01. The van der Waals surface area contributed by atoms with E-state index < -0.39 is 0 Å². The fourth-order valence-corrected chi connectivity index (χ4v) is 2.69. The van der Waals surface area contributed by atoms with Gasteiger partial charge in [0.25, 0.3) is 0 Å². The Hall–Kier alpha value is -1.78. The summed E-state index contributed by atoms with van der Waals surface area (Å²) < 4.78 is 0. The number of aliphatic imine (C=N–C) groups is 1. The SMILES string of the molecule is CCCN(C)Cc1ccc(N=C(N)C2=CC=CCC2=S)cc1. The highest BCUT2D eigenvalue weighted by Crippen LogP contribution is 2.17. The van der Waals surface area contributed by atoms with E-state index in [1.54, 1.807) is 0 Å². The van der Waals surface area contributed by atoms with Crippen molar-refractivity contribution in [1.82, 2.24) is 4.90 Å². The number of amidine groups is 1. The summed E-state index contributed by atoms with van der Waals surface area (Å²) in [6.07, 6.45) is 7.86. The zero-order valence-electron chi connectivity index (χ0n) is 13.2. The predicted octanol–water partition coefficient (Wildman–Crippen LogP) is 3.77. The largest absolute Gasteiger partial charge is 0.383 e. The standard InChI is InChI=1S/C18H23N3S/c1-3-12-21(2)13-14-8-10-15(11-9-14)20-18(19)16-6-4-5-7-17(16)22/h4-6,8-11H,3,7,12-13H2,1-2H3,(H2,19,20). The molecule has 0 amide bonds. The molecule has 2 N–H and O–H groups in total. The summed E-state index contributed by atoms with van der Waals surface area (Å²) in [6, 6.07) is 8.21. The van der Waals surface area contributed by atoms with E-state index in [4.69, 9.17) is 18.0 Å². The molecule has 0 atom stereocenters. The molecule has 0 saturated heterocycles. The maximum absolute atomic E-state index is 6.08. The first-order valence-corrected chi connectivity index (χ1v) is 8.03. The smallest absolute Gasteiger partial charge is 0.132 e. The highest BCUT2D eigenvalue weighted by molar-refractivity contribution is 7.81. The highest BCUT2D eigenvalue weighted by atomic mass is 32.1. The summed E-state index contributed by atoms with van der Waals surface area (Å²) >= 11 is 5.33. The Morgan fingerprint density at radius 2 is 2.05 bits per heavy atom. The van der Waals surface area contributed by atoms with Crippen LogP contribution in [0.2, 0.25) is 0 Å². The van der Waals surface area contributed by atoms with Crippen LogP contribution >= 0.6 is 12.2 Å². The Bertz CT molecular complexity index is 612. The van der Waals surface area contributed by atoms with Gasteiger partial charge in [-0.05, 0) is 37.7 Å². The van der Waals surface area contributed by atoms with Crippen molar-refractivity contribution in [3.63, 3.8) is 0 Å². The van der Waals surface area contributed by atoms with E-state index in [1.807, 2.05) is 30.4 Å². The van der Waals surface area contributed by atoms with Crippen LogP contribution in [-0.4, -0.2) is 29.2 Å². The van der Waals surface area contributed by atoms with Crippen molar-refractivity contribution < 1.29 is 0 Å². The number of rotatable bonds is 6. The second-order valence-corrected chi connectivity index (χ2v) is 6.03. The summed E-state index contributed by atoms with van der Waals surface area (Å²) in [5.74, 6) is 0.491. The van der Waals surface area contributed by atoms with E-state index in [-0.39, 0.29) is 0 Å². The van der Waals surface area contributed by atoms with Crippen molar-refractivity contribution in [3.8, 4) is 0 Å². The lowest BCUT2D eigenvalue weighted by Crippen LogP contribution is -2.20. The zero-order chi connectivity index (χ0) is 15.9. The topological polar surface area (TPSA) is 41.6 Å². The Balaban J connectivity index is 2.07. The molecule has 2 rings (SSSR count). The summed E-state index contributed by atoms with van der Waals surface area (Å²) in [4.78, 5) is 7.64. The molecule has 0 aliphatic heterocycles. The van der Waals surface area contributed by atoms with Gasteiger partial charge in [0.15, 0.2) is 0 Å². The van der Waals surface area contributed by atoms with E-state index in [9.17, 15) is 0 Å². The molecule has 0 radical (unpaired) electrons. The van der Waals surface area contributed by atoms with Crippen LogP contribution in [-0.2, 0) is 6.54 Å². The van der Waals surface area contributed by atoms with Gasteiger partial charge in [0.05, 0.1) is 5.69 Å². The minimum atomic E-state index is 0.491. The first kappa shape index (κ1) is 16.6. The van der Waals surface area contributed by atoms with Crippen LogP contribution in [0.25, 0.3) is 0 Å². The zero-order valence-corrected chi connectivity index (χ0v) is 14.1. The third-order valence-electron chi connectivity index (χ3n) is 3.52. The minimum Gasteiger partial charge on any atom is -0.383 e. The van der Waals surface area contributed by atoms with E-state index in [2.05, 4.69) is 36.0 Å². The molecule has 1 aromatic carbocycles. The molecule has 0 aromatic heterocycles. The third-order valence-corrected chi connectivity index (χ3v) is 3.91. The lowest BCUT2D eigenvalue weighted by Gasteiger charge is -2.15. The Labute approximate surface area is 138 Å². The monoisotopic (exact) mass is 313 g/mol. The van der Waals surface area contributed by atoms with Crippen LogP contribution in [0.1, 0.15) is 25.3 Å². The first-order valence-electron chi connectivity index (χ1n) is 7.62. The first-order chi connectivity index (χ1) is 10.6. The predicted molar refractivity (Wildman–Crippen MR) is 98.8 cm³/mol. The molecule has 22 heavy (non-hydrogen) atoms. The maximum atomic E-state index is 6.08. The molecular formula is C18H23N3S. The molecule has 0 bridgehead atoms. The number of nitrogens with two attached hydrogens (primary N) is 1. The van der Waals surface area contributed by atoms with Gasteiger partial charge in [-0.15, -0.1) is 0 Å². The quantitative estimate of drug-likeness (QED) is 0.494. The van der Waals surface area contributed by atoms with Crippen molar-refractivity contribution >= 4 is 28.6 Å². The number of allylic oxidation sites excluding steroid dienone is 3. The molecular weight excluding hydrogens is 290 g/mol. The van der Waals surface area contributed by atoms with E-state index in [0.717, 1.165) is 35.6 Å². The van der Waals surface area contributed by atoms with E-state index >= 15 is 0 Å². The Morgan fingerprint density at radius 3 is 2.68 bits per heavy atom. The van der Waals surface area contributed by atoms with Gasteiger partial charge in [-0.25, -0.2) is 4.99 Å². The summed E-state index contributed by atoms with van der Waals surface area (Å²) in [6.45, 7) is 4.25. The van der Waals surface area contributed by atoms with Crippen LogP contribution in [0.15, 0.2) is 53.1 Å². The second-order valence-electron chi connectivity index (χ2n) is 5.54. The van der Waals surface area contributed by atoms with Crippen molar-refractivity contribution in [2.75, 3.05) is 13.6 Å². The summed E-state index contributed by atoms with van der Waals surface area (Å²) in [5.41, 5.74) is 9.09. The molecule has 3 nitrogen and oxygen atoms in total. The molecule has 1 aromatic rings. The molecule has 1 aliphatic carbocycles. The molecule has 116 valence electrons. The molecule has 4 heteroatoms. The van der Waals surface area contributed by atoms with Gasteiger partial charge < -0.3 is 10.6 Å². The van der Waals surface area contributed by atoms with Crippen molar-refractivity contribution in [2.45, 2.75) is 26.3 Å². The summed E-state index contributed by atoms with van der Waals surface area (Å²) in [5, 5.41) is 0. The molecule has 0 saturated carbocycles. The van der Waals surface area contributed by atoms with Crippen LogP contribution in [0.3, 0.4) is 0 Å². The average Bonchev–Trinajstić information content (AvgIpc) is 2.50. The summed E-state index contributed by atoms with van der Waals surface area (Å²) in [7, 11) is 2.14. The fourth-order valence-electron chi connectivity index (χ4n) is 2.42. The third kappa shape index (κ3) is 4.61. The van der Waals surface area contributed by atoms with Gasteiger partial charge in [-0.3, -0.25) is 0 Å². The van der Waals surface area contributed by atoms with Crippen LogP contribution in [0.4, 0.5) is 5.69 Å². The van der Waals surface area contributed by atoms with Gasteiger partial charge in [0, 0.05) is 23.4 Å². The lowest BCUT2D eigenvalue weighted by molar-refractivity contribution is 0.327. The normalized spacial score (nSPS) is 15.3. The molecule has 0 fully saturated rings. The maximum Gasteiger partial charge on any atom is 0.132 e. The van der Waals surface area contributed by atoms with E-state index in [1.165, 1.54) is 12.0 Å². The number of thiocarbonyl (C=S) groups is 1. The number of benzene rings is 1. The number of hydrogen-bond donors (Lipinski definition) is 1. The van der Waals surface area contributed by atoms with Crippen molar-refractivity contribution in [2.24, 2.45) is 10.7 Å². The minimum absolute atomic E-state index is 0.491. The lowest BCUT2D eigenvalue weighted by atomic mass is 10.0. The van der Waals surface area contributed by atoms with Gasteiger partial charge in [0.2, 0.25) is 0 Å². The molecule has 1 aliphatic rings. The Morgan fingerprint density at radius 1 is 1.32 bits per heavy atom. The van der Waals surface area contributed by atoms with Gasteiger partial charge in [0.1, 0.15) is 5.84 Å². The van der Waals surface area contributed by atoms with Crippen LogP contribution in [0.5, 0.6) is 0 Å². The van der Waals surface area contributed by atoms with Crippen molar-refractivity contribution in [1.29, 1.82) is 0 Å². The number of nitrogens with zero attached hydrogens (tertiary/aromatic N) is 2. The fraction of sp³-hybridized carbons (Fsp3) is 0.333. The van der Waals surface area contributed by atoms with Gasteiger partial charge >= 0.3 is 0 Å². The Kier molecular flexibility index (Phi) is 6.04. The average molecular weight is 313 g/mol. The number of hydrogen-bond acceptors (Lipinski definition) is 3. The molecule has 0 spiro atoms. The van der Waals surface area contributed by atoms with E-state index in [0.29, 0.717) is 5.84 Å². The van der Waals surface area contributed by atoms with Crippen molar-refractivity contribution in [3.05, 3.63) is 53.6 Å². The van der Waals surface area contributed by atoms with Gasteiger partial charge in [-0.2, -0.15) is 0 Å². The van der Waals surface area contributed by atoms with Crippen LogP contribution < -0.4 is 5.73 Å². The molecule has 0 unspecified atom stereocenters. The van der Waals surface area contributed by atoms with Crippen LogP contribution in [0, 0.1) is 0 Å².